The number of sulfone groups is 1. The van der Waals surface area contributed by atoms with E-state index in [1.807, 2.05) is 11.8 Å². The van der Waals surface area contributed by atoms with Gasteiger partial charge in [-0.1, -0.05) is 6.92 Å². The van der Waals surface area contributed by atoms with E-state index in [1.54, 1.807) is 4.90 Å². The Kier molecular flexibility index (Phi) is 5.24. The SMILES string of the molecule is CCCC(=O)N1CCN(C(=O)CC2CCS(=O)(=O)C2)CC1. The first kappa shape index (κ1) is 16.3. The van der Waals surface area contributed by atoms with Gasteiger partial charge in [0.2, 0.25) is 11.8 Å². The molecule has 2 saturated heterocycles. The largest absolute Gasteiger partial charge is 0.339 e. The number of amides is 2. The summed E-state index contributed by atoms with van der Waals surface area (Å²) in [6.45, 7) is 4.29. The summed E-state index contributed by atoms with van der Waals surface area (Å²) in [7, 11) is -2.92. The molecule has 2 heterocycles. The summed E-state index contributed by atoms with van der Waals surface area (Å²) in [5, 5.41) is 0. The standard InChI is InChI=1S/C14H24N2O4S/c1-2-3-13(17)15-5-7-16(8-6-15)14(18)10-12-4-9-21(19,20)11-12/h12H,2-11H2,1H3. The van der Waals surface area contributed by atoms with Crippen LogP contribution < -0.4 is 0 Å². The Morgan fingerprint density at radius 1 is 1.05 bits per heavy atom. The summed E-state index contributed by atoms with van der Waals surface area (Å²) >= 11 is 0. The Morgan fingerprint density at radius 2 is 1.62 bits per heavy atom. The van der Waals surface area contributed by atoms with Crippen LogP contribution in [0.1, 0.15) is 32.6 Å². The van der Waals surface area contributed by atoms with E-state index in [0.717, 1.165) is 6.42 Å². The topological polar surface area (TPSA) is 74.8 Å². The molecule has 0 bridgehead atoms. The first-order valence-corrected chi connectivity index (χ1v) is 9.49. The average Bonchev–Trinajstić information content (AvgIpc) is 2.78. The molecular weight excluding hydrogens is 292 g/mol. The zero-order valence-corrected chi connectivity index (χ0v) is 13.4. The molecule has 2 fully saturated rings. The van der Waals surface area contributed by atoms with Gasteiger partial charge in [0.25, 0.3) is 0 Å². The van der Waals surface area contributed by atoms with Crippen LogP contribution >= 0.6 is 0 Å². The van der Waals surface area contributed by atoms with Gasteiger partial charge < -0.3 is 9.80 Å². The Labute approximate surface area is 126 Å². The molecular formula is C14H24N2O4S. The van der Waals surface area contributed by atoms with Crippen molar-refractivity contribution in [2.75, 3.05) is 37.7 Å². The highest BCUT2D eigenvalue weighted by Gasteiger charge is 2.31. The van der Waals surface area contributed by atoms with Gasteiger partial charge >= 0.3 is 0 Å². The number of piperazine rings is 1. The molecule has 0 aromatic heterocycles. The van der Waals surface area contributed by atoms with Gasteiger partial charge in [-0.25, -0.2) is 8.42 Å². The Morgan fingerprint density at radius 3 is 2.10 bits per heavy atom. The molecule has 1 unspecified atom stereocenters. The minimum atomic E-state index is -2.92. The number of nitrogens with zero attached hydrogens (tertiary/aromatic N) is 2. The van der Waals surface area contributed by atoms with Gasteiger partial charge in [0.15, 0.2) is 9.84 Å². The van der Waals surface area contributed by atoms with Gasteiger partial charge in [0.1, 0.15) is 0 Å². The van der Waals surface area contributed by atoms with Crippen molar-refractivity contribution in [1.29, 1.82) is 0 Å². The molecule has 0 aromatic rings. The summed E-state index contributed by atoms with van der Waals surface area (Å²) in [6, 6.07) is 0. The molecule has 0 aromatic carbocycles. The van der Waals surface area contributed by atoms with Crippen molar-refractivity contribution in [1.82, 2.24) is 9.80 Å². The van der Waals surface area contributed by atoms with Crippen LogP contribution in [0.15, 0.2) is 0 Å². The van der Waals surface area contributed by atoms with Crippen molar-refractivity contribution < 1.29 is 18.0 Å². The van der Waals surface area contributed by atoms with Crippen molar-refractivity contribution >= 4 is 21.7 Å². The third-order valence-electron chi connectivity index (χ3n) is 4.24. The van der Waals surface area contributed by atoms with Gasteiger partial charge in [-0.15, -0.1) is 0 Å². The van der Waals surface area contributed by atoms with Crippen molar-refractivity contribution in [2.24, 2.45) is 5.92 Å². The zero-order valence-electron chi connectivity index (χ0n) is 12.6. The number of hydrogen-bond donors (Lipinski definition) is 0. The van der Waals surface area contributed by atoms with E-state index in [-0.39, 0.29) is 29.2 Å². The second kappa shape index (κ2) is 6.77. The molecule has 2 rings (SSSR count). The lowest BCUT2D eigenvalue weighted by Crippen LogP contribution is -2.50. The quantitative estimate of drug-likeness (QED) is 0.747. The van der Waals surface area contributed by atoms with E-state index < -0.39 is 9.84 Å². The molecule has 0 aliphatic carbocycles. The number of carbonyl (C=O) groups excluding carboxylic acids is 2. The summed E-state index contributed by atoms with van der Waals surface area (Å²) in [5.41, 5.74) is 0. The van der Waals surface area contributed by atoms with Crippen LogP contribution in [0.5, 0.6) is 0 Å². The lowest BCUT2D eigenvalue weighted by molar-refractivity contribution is -0.140. The molecule has 21 heavy (non-hydrogen) atoms. The smallest absolute Gasteiger partial charge is 0.223 e. The van der Waals surface area contributed by atoms with Crippen molar-refractivity contribution in [2.45, 2.75) is 32.6 Å². The molecule has 0 radical (unpaired) electrons. The van der Waals surface area contributed by atoms with Crippen LogP contribution in [-0.4, -0.2) is 67.7 Å². The third-order valence-corrected chi connectivity index (χ3v) is 6.08. The van der Waals surface area contributed by atoms with Crippen LogP contribution in [0.2, 0.25) is 0 Å². The molecule has 7 heteroatoms. The van der Waals surface area contributed by atoms with Crippen LogP contribution in [0.3, 0.4) is 0 Å². The fourth-order valence-corrected chi connectivity index (χ4v) is 4.85. The van der Waals surface area contributed by atoms with Crippen LogP contribution in [-0.2, 0) is 19.4 Å². The fraction of sp³-hybridized carbons (Fsp3) is 0.857. The zero-order chi connectivity index (χ0) is 15.5. The molecule has 2 aliphatic heterocycles. The Bertz CT molecular complexity index is 495. The van der Waals surface area contributed by atoms with Gasteiger partial charge in [0.05, 0.1) is 11.5 Å². The molecule has 2 aliphatic rings. The highest BCUT2D eigenvalue weighted by molar-refractivity contribution is 7.91. The molecule has 2 amide bonds. The summed E-state index contributed by atoms with van der Waals surface area (Å²) < 4.78 is 22.8. The monoisotopic (exact) mass is 316 g/mol. The maximum absolute atomic E-state index is 12.2. The minimum absolute atomic E-state index is 0.0257. The first-order valence-electron chi connectivity index (χ1n) is 7.67. The summed E-state index contributed by atoms with van der Waals surface area (Å²) in [6.07, 6.45) is 2.33. The highest BCUT2D eigenvalue weighted by Crippen LogP contribution is 2.22. The van der Waals surface area contributed by atoms with Gasteiger partial charge in [-0.05, 0) is 18.8 Å². The molecule has 0 saturated carbocycles. The number of rotatable bonds is 4. The highest BCUT2D eigenvalue weighted by atomic mass is 32.2. The second-order valence-electron chi connectivity index (χ2n) is 5.98. The normalized spacial score (nSPS) is 25.1. The molecule has 0 spiro atoms. The fourth-order valence-electron chi connectivity index (χ4n) is 2.99. The van der Waals surface area contributed by atoms with E-state index in [2.05, 4.69) is 0 Å². The molecule has 6 nitrogen and oxygen atoms in total. The van der Waals surface area contributed by atoms with Crippen LogP contribution in [0, 0.1) is 5.92 Å². The van der Waals surface area contributed by atoms with Crippen molar-refractivity contribution in [3.63, 3.8) is 0 Å². The molecule has 1 atom stereocenters. The van der Waals surface area contributed by atoms with Gasteiger partial charge in [0, 0.05) is 39.0 Å². The number of carbonyl (C=O) groups is 2. The average molecular weight is 316 g/mol. The van der Waals surface area contributed by atoms with E-state index in [9.17, 15) is 18.0 Å². The van der Waals surface area contributed by atoms with E-state index >= 15 is 0 Å². The predicted molar refractivity (Wildman–Crippen MR) is 79.4 cm³/mol. The summed E-state index contributed by atoms with van der Waals surface area (Å²) in [5.74, 6) is 0.520. The maximum Gasteiger partial charge on any atom is 0.223 e. The molecule has 0 N–H and O–H groups in total. The molecule has 120 valence electrons. The van der Waals surface area contributed by atoms with Crippen molar-refractivity contribution in [3.05, 3.63) is 0 Å². The lowest BCUT2D eigenvalue weighted by atomic mass is 10.0. The first-order chi connectivity index (χ1) is 9.91. The van der Waals surface area contributed by atoms with Crippen molar-refractivity contribution in [3.8, 4) is 0 Å². The minimum Gasteiger partial charge on any atom is -0.339 e. The predicted octanol–water partition coefficient (Wildman–Crippen LogP) is 0.282. The van der Waals surface area contributed by atoms with Crippen LogP contribution in [0.25, 0.3) is 0 Å². The second-order valence-corrected chi connectivity index (χ2v) is 8.21. The van der Waals surface area contributed by atoms with Gasteiger partial charge in [-0.3, -0.25) is 9.59 Å². The third kappa shape index (κ3) is 4.43. The summed E-state index contributed by atoms with van der Waals surface area (Å²) in [4.78, 5) is 27.6. The van der Waals surface area contributed by atoms with Gasteiger partial charge in [-0.2, -0.15) is 0 Å². The van der Waals surface area contributed by atoms with Crippen LogP contribution in [0.4, 0.5) is 0 Å². The Hall–Kier alpha value is -1.11. The lowest BCUT2D eigenvalue weighted by Gasteiger charge is -2.35. The maximum atomic E-state index is 12.2. The number of hydrogen-bond acceptors (Lipinski definition) is 4. The van der Waals surface area contributed by atoms with E-state index in [4.69, 9.17) is 0 Å². The van der Waals surface area contributed by atoms with E-state index in [0.29, 0.717) is 45.4 Å². The van der Waals surface area contributed by atoms with E-state index in [1.165, 1.54) is 0 Å². The Balaban J connectivity index is 1.77.